The molecular formula is C14H12FNOS. The maximum atomic E-state index is 13.3. The van der Waals surface area contributed by atoms with Gasteiger partial charge in [0.15, 0.2) is 0 Å². The predicted octanol–water partition coefficient (Wildman–Crippen LogP) is 3.22. The minimum Gasteiger partial charge on any atom is -0.348 e. The van der Waals surface area contributed by atoms with E-state index in [-0.39, 0.29) is 18.3 Å². The smallest absolute Gasteiger partial charge is 0.244 e. The molecule has 0 aliphatic rings. The lowest BCUT2D eigenvalue weighted by Crippen LogP contribution is -2.20. The summed E-state index contributed by atoms with van der Waals surface area (Å²) in [7, 11) is 0. The summed E-state index contributed by atoms with van der Waals surface area (Å²) in [5.74, 6) is -0.535. The number of hydrogen-bond acceptors (Lipinski definition) is 2. The van der Waals surface area contributed by atoms with Crippen LogP contribution < -0.4 is 5.32 Å². The number of carbonyl (C=O) groups is 1. The molecule has 1 amide bonds. The predicted molar refractivity (Wildman–Crippen MR) is 71.6 cm³/mol. The summed E-state index contributed by atoms with van der Waals surface area (Å²) in [4.78, 5) is 12.5. The van der Waals surface area contributed by atoms with Crippen LogP contribution in [0.15, 0.2) is 47.9 Å². The van der Waals surface area contributed by atoms with Crippen LogP contribution in [0, 0.1) is 5.82 Å². The fourth-order valence-electron chi connectivity index (χ4n) is 1.43. The van der Waals surface area contributed by atoms with Crippen LogP contribution in [0.25, 0.3) is 6.08 Å². The molecule has 0 unspecified atom stereocenters. The first-order valence-corrected chi connectivity index (χ1v) is 6.36. The van der Waals surface area contributed by atoms with Crippen molar-refractivity contribution >= 4 is 23.3 Å². The van der Waals surface area contributed by atoms with Crippen molar-refractivity contribution < 1.29 is 9.18 Å². The highest BCUT2D eigenvalue weighted by Crippen LogP contribution is 2.10. The molecule has 0 fully saturated rings. The highest BCUT2D eigenvalue weighted by atomic mass is 32.1. The van der Waals surface area contributed by atoms with Crippen molar-refractivity contribution in [1.29, 1.82) is 0 Å². The minimum atomic E-state index is -0.306. The van der Waals surface area contributed by atoms with Crippen molar-refractivity contribution in [1.82, 2.24) is 5.32 Å². The van der Waals surface area contributed by atoms with E-state index >= 15 is 0 Å². The van der Waals surface area contributed by atoms with Gasteiger partial charge in [-0.1, -0.05) is 24.3 Å². The van der Waals surface area contributed by atoms with Crippen LogP contribution >= 0.6 is 11.3 Å². The van der Waals surface area contributed by atoms with Crippen molar-refractivity contribution in [2.24, 2.45) is 0 Å². The molecule has 92 valence electrons. The van der Waals surface area contributed by atoms with Gasteiger partial charge in [0, 0.05) is 23.1 Å². The minimum absolute atomic E-state index is 0.195. The van der Waals surface area contributed by atoms with Gasteiger partial charge in [-0.15, -0.1) is 11.3 Å². The Hall–Kier alpha value is -1.94. The van der Waals surface area contributed by atoms with E-state index in [4.69, 9.17) is 0 Å². The van der Waals surface area contributed by atoms with E-state index in [1.165, 1.54) is 12.1 Å². The third-order valence-electron chi connectivity index (χ3n) is 2.35. The summed E-state index contributed by atoms with van der Waals surface area (Å²) in [5.41, 5.74) is 0.482. The fourth-order valence-corrected chi connectivity index (χ4v) is 2.04. The number of hydrogen-bond donors (Lipinski definition) is 1. The lowest BCUT2D eigenvalue weighted by molar-refractivity contribution is -0.116. The van der Waals surface area contributed by atoms with E-state index in [0.29, 0.717) is 5.56 Å². The molecule has 2 rings (SSSR count). The number of thiophene rings is 1. The Balaban J connectivity index is 1.87. The molecule has 0 aliphatic carbocycles. The summed E-state index contributed by atoms with van der Waals surface area (Å²) in [6.07, 6.45) is 3.19. The van der Waals surface area contributed by atoms with Gasteiger partial charge in [-0.05, 0) is 23.6 Å². The Morgan fingerprint density at radius 2 is 2.11 bits per heavy atom. The molecule has 0 aliphatic heterocycles. The van der Waals surface area contributed by atoms with Gasteiger partial charge in [0.05, 0.1) is 0 Å². The quantitative estimate of drug-likeness (QED) is 0.841. The monoisotopic (exact) mass is 261 g/mol. The summed E-state index contributed by atoms with van der Waals surface area (Å²) in [6.45, 7) is 0.195. The van der Waals surface area contributed by atoms with Gasteiger partial charge in [-0.3, -0.25) is 4.79 Å². The van der Waals surface area contributed by atoms with Gasteiger partial charge in [0.25, 0.3) is 0 Å². The second-order valence-corrected chi connectivity index (χ2v) is 4.64. The van der Waals surface area contributed by atoms with E-state index < -0.39 is 0 Å². The number of nitrogens with one attached hydrogen (secondary N) is 1. The summed E-state index contributed by atoms with van der Waals surface area (Å²) >= 11 is 1.56. The molecular weight excluding hydrogens is 249 g/mol. The van der Waals surface area contributed by atoms with E-state index in [1.807, 2.05) is 17.5 Å². The molecule has 0 saturated carbocycles. The summed E-state index contributed by atoms with van der Waals surface area (Å²) in [6, 6.07) is 10.2. The van der Waals surface area contributed by atoms with Crippen LogP contribution in [-0.2, 0) is 11.3 Å². The van der Waals surface area contributed by atoms with Gasteiger partial charge < -0.3 is 5.32 Å². The van der Waals surface area contributed by atoms with E-state index in [9.17, 15) is 9.18 Å². The first-order chi connectivity index (χ1) is 8.75. The Morgan fingerprint density at radius 3 is 2.83 bits per heavy atom. The average molecular weight is 261 g/mol. The molecule has 18 heavy (non-hydrogen) atoms. The molecule has 0 bridgehead atoms. The van der Waals surface area contributed by atoms with Gasteiger partial charge in [-0.25, -0.2) is 4.39 Å². The average Bonchev–Trinajstić information content (AvgIpc) is 2.88. The normalized spacial score (nSPS) is 10.7. The SMILES string of the molecule is O=C(/C=C/c1cccs1)NCc1ccccc1F. The van der Waals surface area contributed by atoms with Crippen molar-refractivity contribution in [2.75, 3.05) is 0 Å². The summed E-state index contributed by atoms with van der Waals surface area (Å²) < 4.78 is 13.3. The molecule has 1 heterocycles. The van der Waals surface area contributed by atoms with E-state index in [1.54, 1.807) is 35.6 Å². The first-order valence-electron chi connectivity index (χ1n) is 5.48. The van der Waals surface area contributed by atoms with Gasteiger partial charge in [-0.2, -0.15) is 0 Å². The molecule has 0 radical (unpaired) electrons. The van der Waals surface area contributed by atoms with Gasteiger partial charge >= 0.3 is 0 Å². The molecule has 0 spiro atoms. The Kier molecular flexibility index (Phi) is 4.25. The van der Waals surface area contributed by atoms with Gasteiger partial charge in [0.1, 0.15) is 5.82 Å². The second kappa shape index (κ2) is 6.12. The largest absolute Gasteiger partial charge is 0.348 e. The van der Waals surface area contributed by atoms with E-state index in [2.05, 4.69) is 5.32 Å². The van der Waals surface area contributed by atoms with Crippen molar-refractivity contribution in [3.8, 4) is 0 Å². The molecule has 0 saturated heterocycles. The number of halogens is 1. The van der Waals surface area contributed by atoms with Crippen LogP contribution in [-0.4, -0.2) is 5.91 Å². The van der Waals surface area contributed by atoms with Crippen molar-refractivity contribution in [3.63, 3.8) is 0 Å². The lowest BCUT2D eigenvalue weighted by Gasteiger charge is -2.03. The van der Waals surface area contributed by atoms with Gasteiger partial charge in [0.2, 0.25) is 5.91 Å². The topological polar surface area (TPSA) is 29.1 Å². The van der Waals surface area contributed by atoms with Crippen LogP contribution in [0.3, 0.4) is 0 Å². The second-order valence-electron chi connectivity index (χ2n) is 3.66. The maximum Gasteiger partial charge on any atom is 0.244 e. The molecule has 2 aromatic rings. The van der Waals surface area contributed by atoms with Crippen LogP contribution in [0.2, 0.25) is 0 Å². The zero-order valence-electron chi connectivity index (χ0n) is 9.60. The molecule has 1 aromatic carbocycles. The number of rotatable bonds is 4. The van der Waals surface area contributed by atoms with Crippen LogP contribution in [0.1, 0.15) is 10.4 Å². The third-order valence-corrected chi connectivity index (χ3v) is 3.19. The fraction of sp³-hybridized carbons (Fsp3) is 0.0714. The Bertz CT molecular complexity index is 549. The lowest BCUT2D eigenvalue weighted by atomic mass is 10.2. The highest BCUT2D eigenvalue weighted by Gasteiger charge is 2.01. The van der Waals surface area contributed by atoms with Crippen LogP contribution in [0.4, 0.5) is 4.39 Å². The Morgan fingerprint density at radius 1 is 1.28 bits per heavy atom. The standard InChI is InChI=1S/C14H12FNOS/c15-13-6-2-1-4-11(13)10-16-14(17)8-7-12-5-3-9-18-12/h1-9H,10H2,(H,16,17)/b8-7+. The number of benzene rings is 1. The maximum absolute atomic E-state index is 13.3. The molecule has 1 aromatic heterocycles. The van der Waals surface area contributed by atoms with Crippen molar-refractivity contribution in [2.45, 2.75) is 6.54 Å². The van der Waals surface area contributed by atoms with E-state index in [0.717, 1.165) is 4.88 Å². The zero-order valence-corrected chi connectivity index (χ0v) is 10.4. The summed E-state index contributed by atoms with van der Waals surface area (Å²) in [5, 5.41) is 4.58. The highest BCUT2D eigenvalue weighted by molar-refractivity contribution is 7.10. The molecule has 0 atom stereocenters. The third kappa shape index (κ3) is 3.53. The molecule has 2 nitrogen and oxygen atoms in total. The zero-order chi connectivity index (χ0) is 12.8. The molecule has 1 N–H and O–H groups in total. The molecule has 4 heteroatoms. The Labute approximate surface area is 109 Å². The number of carbonyl (C=O) groups excluding carboxylic acids is 1. The first kappa shape index (κ1) is 12.5. The van der Waals surface area contributed by atoms with Crippen LogP contribution in [0.5, 0.6) is 0 Å². The number of amides is 1. The van der Waals surface area contributed by atoms with Crippen molar-refractivity contribution in [3.05, 3.63) is 64.1 Å².